The molecule has 100 valence electrons. The first-order valence-electron chi connectivity index (χ1n) is 5.93. The topological polar surface area (TPSA) is 69.7 Å². The molecule has 2 atom stereocenters. The lowest BCUT2D eigenvalue weighted by Crippen LogP contribution is -2.29. The lowest BCUT2D eigenvalue weighted by molar-refractivity contribution is -0.146. The number of sulfone groups is 1. The van der Waals surface area contributed by atoms with Crippen LogP contribution in [0.15, 0.2) is 0 Å². The third kappa shape index (κ3) is 5.04. The fourth-order valence-corrected chi connectivity index (χ4v) is 3.72. The van der Waals surface area contributed by atoms with Gasteiger partial charge in [-0.15, -0.1) is 0 Å². The van der Waals surface area contributed by atoms with Crippen LogP contribution in [0.25, 0.3) is 0 Å². The molecule has 1 aliphatic rings. The highest BCUT2D eigenvalue weighted by molar-refractivity contribution is 7.91. The van der Waals surface area contributed by atoms with Gasteiger partial charge in [0.15, 0.2) is 9.84 Å². The van der Waals surface area contributed by atoms with Crippen LogP contribution < -0.4 is 0 Å². The van der Waals surface area contributed by atoms with Gasteiger partial charge in [-0.05, 0) is 19.8 Å². The first-order chi connectivity index (χ1) is 7.94. The van der Waals surface area contributed by atoms with E-state index in [4.69, 9.17) is 9.47 Å². The molecule has 1 fully saturated rings. The van der Waals surface area contributed by atoms with E-state index in [-0.39, 0.29) is 24.2 Å². The molecule has 0 radical (unpaired) electrons. The van der Waals surface area contributed by atoms with Crippen molar-refractivity contribution in [2.75, 3.05) is 24.7 Å². The molecule has 0 aromatic carbocycles. The van der Waals surface area contributed by atoms with Crippen LogP contribution >= 0.6 is 0 Å². The van der Waals surface area contributed by atoms with Crippen molar-refractivity contribution in [3.05, 3.63) is 0 Å². The van der Waals surface area contributed by atoms with Gasteiger partial charge in [0.25, 0.3) is 0 Å². The fourth-order valence-electron chi connectivity index (χ4n) is 1.86. The van der Waals surface area contributed by atoms with E-state index in [9.17, 15) is 13.2 Å². The van der Waals surface area contributed by atoms with Gasteiger partial charge in [-0.2, -0.15) is 0 Å². The average molecular weight is 264 g/mol. The second kappa shape index (κ2) is 6.35. The maximum Gasteiger partial charge on any atom is 0.309 e. The van der Waals surface area contributed by atoms with Crippen LogP contribution in [-0.4, -0.2) is 45.2 Å². The van der Waals surface area contributed by atoms with Crippen LogP contribution in [0.1, 0.15) is 26.7 Å². The predicted molar refractivity (Wildman–Crippen MR) is 63.4 cm³/mol. The largest absolute Gasteiger partial charge is 0.466 e. The second-order valence-electron chi connectivity index (χ2n) is 4.37. The molecule has 0 saturated carbocycles. The van der Waals surface area contributed by atoms with Gasteiger partial charge in [0.1, 0.15) is 0 Å². The Hall–Kier alpha value is -0.620. The minimum Gasteiger partial charge on any atom is -0.466 e. The van der Waals surface area contributed by atoms with Gasteiger partial charge < -0.3 is 9.47 Å². The van der Waals surface area contributed by atoms with E-state index in [1.807, 2.05) is 0 Å². The Bertz CT molecular complexity index is 343. The van der Waals surface area contributed by atoms with Crippen LogP contribution in [0, 0.1) is 5.92 Å². The first kappa shape index (κ1) is 14.4. The molecular weight excluding hydrogens is 244 g/mol. The van der Waals surface area contributed by atoms with E-state index >= 15 is 0 Å². The van der Waals surface area contributed by atoms with Gasteiger partial charge in [0.05, 0.1) is 30.1 Å². The summed E-state index contributed by atoms with van der Waals surface area (Å²) in [6, 6.07) is 0. The molecule has 1 rings (SSSR count). The molecule has 5 nitrogen and oxygen atoms in total. The summed E-state index contributed by atoms with van der Waals surface area (Å²) in [5.41, 5.74) is 0. The van der Waals surface area contributed by atoms with Gasteiger partial charge in [-0.25, -0.2) is 8.42 Å². The van der Waals surface area contributed by atoms with Crippen molar-refractivity contribution in [1.29, 1.82) is 0 Å². The van der Waals surface area contributed by atoms with Crippen molar-refractivity contribution >= 4 is 15.8 Å². The molecule has 0 spiro atoms. The van der Waals surface area contributed by atoms with Crippen LogP contribution in [0.5, 0.6) is 0 Å². The van der Waals surface area contributed by atoms with E-state index in [0.717, 1.165) is 12.8 Å². The molecule has 17 heavy (non-hydrogen) atoms. The van der Waals surface area contributed by atoms with Crippen molar-refractivity contribution in [3.8, 4) is 0 Å². The molecule has 0 amide bonds. The Labute approximate surface area is 102 Å². The number of hydrogen-bond donors (Lipinski definition) is 0. The maximum atomic E-state index is 11.8. The van der Waals surface area contributed by atoms with Crippen molar-refractivity contribution in [2.45, 2.75) is 32.8 Å². The summed E-state index contributed by atoms with van der Waals surface area (Å²) in [5.74, 6) is -1.22. The summed E-state index contributed by atoms with van der Waals surface area (Å²) in [5, 5.41) is 0. The lowest BCUT2D eigenvalue weighted by atomic mass is 10.2. The minimum absolute atomic E-state index is 0.0107. The molecule has 2 unspecified atom stereocenters. The standard InChI is InChI=1S/C11H20O5S/c1-3-15-11(12)9(2)7-17(13,14)8-10-5-4-6-16-10/h9-10H,3-8H2,1-2H3. The zero-order valence-corrected chi connectivity index (χ0v) is 11.2. The molecule has 6 heteroatoms. The van der Waals surface area contributed by atoms with Gasteiger partial charge in [-0.1, -0.05) is 6.92 Å². The minimum atomic E-state index is -3.25. The van der Waals surface area contributed by atoms with Crippen LogP contribution in [-0.2, 0) is 24.1 Å². The quantitative estimate of drug-likeness (QED) is 0.663. The van der Waals surface area contributed by atoms with Crippen LogP contribution in [0.4, 0.5) is 0 Å². The zero-order chi connectivity index (χ0) is 12.9. The smallest absolute Gasteiger partial charge is 0.309 e. The molecule has 0 aromatic heterocycles. The molecule has 0 aromatic rings. The summed E-state index contributed by atoms with van der Waals surface area (Å²) in [6.07, 6.45) is 1.50. The summed E-state index contributed by atoms with van der Waals surface area (Å²) in [7, 11) is -3.25. The fraction of sp³-hybridized carbons (Fsp3) is 0.909. The number of esters is 1. The molecule has 0 aliphatic carbocycles. The third-order valence-corrected chi connectivity index (χ3v) is 4.54. The monoisotopic (exact) mass is 264 g/mol. The van der Waals surface area contributed by atoms with Crippen molar-refractivity contribution in [1.82, 2.24) is 0 Å². The molecule has 1 heterocycles. The Morgan fingerprint density at radius 1 is 1.53 bits per heavy atom. The van der Waals surface area contributed by atoms with E-state index in [0.29, 0.717) is 6.61 Å². The number of carbonyl (C=O) groups is 1. The maximum absolute atomic E-state index is 11.8. The van der Waals surface area contributed by atoms with Crippen molar-refractivity contribution in [2.24, 2.45) is 5.92 Å². The van der Waals surface area contributed by atoms with E-state index in [1.165, 1.54) is 0 Å². The normalized spacial score (nSPS) is 22.4. The highest BCUT2D eigenvalue weighted by Crippen LogP contribution is 2.15. The van der Waals surface area contributed by atoms with Gasteiger partial charge in [-0.3, -0.25) is 4.79 Å². The van der Waals surface area contributed by atoms with Gasteiger partial charge in [0.2, 0.25) is 0 Å². The number of rotatable bonds is 6. The Balaban J connectivity index is 2.44. The summed E-state index contributed by atoms with van der Waals surface area (Å²) < 4.78 is 33.7. The molecule has 1 saturated heterocycles. The summed E-state index contributed by atoms with van der Waals surface area (Å²) >= 11 is 0. The number of ether oxygens (including phenoxy) is 2. The number of hydrogen-bond acceptors (Lipinski definition) is 5. The summed E-state index contributed by atoms with van der Waals surface area (Å²) in [4.78, 5) is 11.3. The van der Waals surface area contributed by atoms with Crippen LogP contribution in [0.3, 0.4) is 0 Å². The highest BCUT2D eigenvalue weighted by atomic mass is 32.2. The average Bonchev–Trinajstić information content (AvgIpc) is 2.69. The molecular formula is C11H20O5S. The predicted octanol–water partition coefficient (Wildman–Crippen LogP) is 0.779. The second-order valence-corrected chi connectivity index (χ2v) is 6.52. The van der Waals surface area contributed by atoms with Gasteiger partial charge >= 0.3 is 5.97 Å². The van der Waals surface area contributed by atoms with E-state index in [2.05, 4.69) is 0 Å². The summed E-state index contributed by atoms with van der Waals surface area (Å²) in [6.45, 7) is 4.18. The Morgan fingerprint density at radius 3 is 2.76 bits per heavy atom. The number of carbonyl (C=O) groups excluding carboxylic acids is 1. The molecule has 0 N–H and O–H groups in total. The third-order valence-electron chi connectivity index (χ3n) is 2.66. The zero-order valence-electron chi connectivity index (χ0n) is 10.3. The van der Waals surface area contributed by atoms with Crippen molar-refractivity contribution in [3.63, 3.8) is 0 Å². The highest BCUT2D eigenvalue weighted by Gasteiger charge is 2.27. The molecule has 0 bridgehead atoms. The van der Waals surface area contributed by atoms with Crippen LogP contribution in [0.2, 0.25) is 0 Å². The Kier molecular flexibility index (Phi) is 5.39. The van der Waals surface area contributed by atoms with E-state index < -0.39 is 21.7 Å². The van der Waals surface area contributed by atoms with Crippen molar-refractivity contribution < 1.29 is 22.7 Å². The SMILES string of the molecule is CCOC(=O)C(C)CS(=O)(=O)CC1CCCO1. The van der Waals surface area contributed by atoms with Gasteiger partial charge in [0, 0.05) is 6.61 Å². The lowest BCUT2D eigenvalue weighted by Gasteiger charge is -2.13. The first-order valence-corrected chi connectivity index (χ1v) is 7.75. The molecule has 1 aliphatic heterocycles. The van der Waals surface area contributed by atoms with E-state index in [1.54, 1.807) is 13.8 Å². The Morgan fingerprint density at radius 2 is 2.24 bits per heavy atom.